The lowest BCUT2D eigenvalue weighted by Crippen LogP contribution is -2.19. The number of halogens is 3. The summed E-state index contributed by atoms with van der Waals surface area (Å²) in [4.78, 5) is 12.2. The molecule has 1 aromatic rings. The van der Waals surface area contributed by atoms with Gasteiger partial charge in [0.15, 0.2) is 0 Å². The Hall–Kier alpha value is -1.56. The Kier molecular flexibility index (Phi) is 6.01. The van der Waals surface area contributed by atoms with Gasteiger partial charge in [0, 0.05) is 13.0 Å². The number of benzene rings is 1. The molecule has 0 spiro atoms. The lowest BCUT2D eigenvalue weighted by atomic mass is 10.1. The number of carbonyl (C=O) groups is 1. The fourth-order valence-electron chi connectivity index (χ4n) is 1.89. The second kappa shape index (κ2) is 7.28. The number of unbranched alkanes of at least 4 members (excludes halogenated alkanes) is 1. The van der Waals surface area contributed by atoms with E-state index in [-0.39, 0.29) is 6.42 Å². The van der Waals surface area contributed by atoms with Gasteiger partial charge in [-0.05, 0) is 38.1 Å². The number of alkyl halides is 3. The Morgan fingerprint density at radius 2 is 2.00 bits per heavy atom. The van der Waals surface area contributed by atoms with Crippen LogP contribution in [0.4, 0.5) is 13.2 Å². The third-order valence-corrected chi connectivity index (χ3v) is 2.89. The molecular formula is C14H18F3NO2. The van der Waals surface area contributed by atoms with Crippen LogP contribution >= 0.6 is 0 Å². The molecule has 0 heterocycles. The number of aliphatic carboxylic acids is 1. The van der Waals surface area contributed by atoms with Crippen LogP contribution in [0, 0.1) is 0 Å². The van der Waals surface area contributed by atoms with Crippen LogP contribution in [0.2, 0.25) is 0 Å². The number of carboxylic acids is 1. The van der Waals surface area contributed by atoms with E-state index < -0.39 is 17.7 Å². The van der Waals surface area contributed by atoms with E-state index in [0.717, 1.165) is 12.1 Å². The van der Waals surface area contributed by atoms with E-state index >= 15 is 0 Å². The van der Waals surface area contributed by atoms with Crippen molar-refractivity contribution in [3.05, 3.63) is 35.4 Å². The van der Waals surface area contributed by atoms with Crippen molar-refractivity contribution in [2.45, 2.75) is 32.0 Å². The molecule has 20 heavy (non-hydrogen) atoms. The molecule has 6 heteroatoms. The maximum atomic E-state index is 12.6. The summed E-state index contributed by atoms with van der Waals surface area (Å²) < 4.78 is 37.7. The van der Waals surface area contributed by atoms with Gasteiger partial charge in [0.25, 0.3) is 0 Å². The molecule has 3 nitrogen and oxygen atoms in total. The predicted octanol–water partition coefficient (Wildman–Crippen LogP) is 3.39. The predicted molar refractivity (Wildman–Crippen MR) is 69.3 cm³/mol. The van der Waals surface area contributed by atoms with Gasteiger partial charge in [-0.15, -0.1) is 0 Å². The smallest absolute Gasteiger partial charge is 0.416 e. The average molecular weight is 289 g/mol. The number of hydrogen-bond acceptors (Lipinski definition) is 2. The maximum Gasteiger partial charge on any atom is 0.416 e. The minimum atomic E-state index is -4.32. The van der Waals surface area contributed by atoms with E-state index in [9.17, 15) is 18.0 Å². The van der Waals surface area contributed by atoms with E-state index in [0.29, 0.717) is 31.5 Å². The summed E-state index contributed by atoms with van der Waals surface area (Å²) in [6.45, 7) is 1.07. The molecule has 0 bridgehead atoms. The fourth-order valence-corrected chi connectivity index (χ4v) is 1.89. The van der Waals surface area contributed by atoms with Crippen molar-refractivity contribution in [1.29, 1.82) is 0 Å². The van der Waals surface area contributed by atoms with Gasteiger partial charge >= 0.3 is 12.1 Å². The number of nitrogens with zero attached hydrogens (tertiary/aromatic N) is 1. The zero-order valence-electron chi connectivity index (χ0n) is 11.3. The van der Waals surface area contributed by atoms with Gasteiger partial charge in [-0.2, -0.15) is 13.2 Å². The topological polar surface area (TPSA) is 40.5 Å². The zero-order chi connectivity index (χ0) is 15.2. The summed E-state index contributed by atoms with van der Waals surface area (Å²) in [6.07, 6.45) is -2.92. The van der Waals surface area contributed by atoms with E-state index in [1.54, 1.807) is 13.1 Å². The summed E-state index contributed by atoms with van der Waals surface area (Å²) in [6, 6.07) is 5.25. The molecule has 1 N–H and O–H groups in total. The highest BCUT2D eigenvalue weighted by molar-refractivity contribution is 5.66. The van der Waals surface area contributed by atoms with Crippen LogP contribution < -0.4 is 0 Å². The van der Waals surface area contributed by atoms with Crippen molar-refractivity contribution in [2.24, 2.45) is 0 Å². The second-order valence-corrected chi connectivity index (χ2v) is 4.79. The number of rotatable bonds is 7. The molecule has 0 aromatic heterocycles. The van der Waals surface area contributed by atoms with E-state index in [1.165, 1.54) is 6.07 Å². The molecule has 0 saturated heterocycles. The lowest BCUT2D eigenvalue weighted by molar-refractivity contribution is -0.138. The first-order valence-corrected chi connectivity index (χ1v) is 6.35. The molecule has 0 unspecified atom stereocenters. The Morgan fingerprint density at radius 3 is 2.60 bits per heavy atom. The van der Waals surface area contributed by atoms with Crippen molar-refractivity contribution in [3.8, 4) is 0 Å². The first-order chi connectivity index (χ1) is 9.29. The monoisotopic (exact) mass is 289 g/mol. The van der Waals surface area contributed by atoms with E-state index in [2.05, 4.69) is 0 Å². The van der Waals surface area contributed by atoms with Crippen LogP contribution in [0.5, 0.6) is 0 Å². The van der Waals surface area contributed by atoms with Crippen LogP contribution in [0.25, 0.3) is 0 Å². The molecule has 0 radical (unpaired) electrons. The van der Waals surface area contributed by atoms with Gasteiger partial charge in [-0.3, -0.25) is 4.79 Å². The zero-order valence-corrected chi connectivity index (χ0v) is 11.3. The largest absolute Gasteiger partial charge is 0.481 e. The van der Waals surface area contributed by atoms with Crippen LogP contribution in [0.1, 0.15) is 30.4 Å². The normalized spacial score (nSPS) is 11.8. The van der Waals surface area contributed by atoms with Crippen molar-refractivity contribution in [3.63, 3.8) is 0 Å². The van der Waals surface area contributed by atoms with Crippen molar-refractivity contribution >= 4 is 5.97 Å². The third-order valence-electron chi connectivity index (χ3n) is 2.89. The molecule has 0 amide bonds. The van der Waals surface area contributed by atoms with Gasteiger partial charge in [-0.25, -0.2) is 0 Å². The van der Waals surface area contributed by atoms with Crippen LogP contribution in [0.15, 0.2) is 24.3 Å². The van der Waals surface area contributed by atoms with Gasteiger partial charge < -0.3 is 10.0 Å². The van der Waals surface area contributed by atoms with Gasteiger partial charge in [0.1, 0.15) is 0 Å². The van der Waals surface area contributed by atoms with Crippen molar-refractivity contribution in [1.82, 2.24) is 4.90 Å². The molecule has 0 aliphatic heterocycles. The highest BCUT2D eigenvalue weighted by Gasteiger charge is 2.30. The molecule has 0 atom stereocenters. The molecule has 0 saturated carbocycles. The van der Waals surface area contributed by atoms with Crippen molar-refractivity contribution in [2.75, 3.05) is 13.6 Å². The Morgan fingerprint density at radius 1 is 1.30 bits per heavy atom. The number of carboxylic acid groups (broad SMARTS) is 1. The number of hydrogen-bond donors (Lipinski definition) is 1. The summed E-state index contributed by atoms with van der Waals surface area (Å²) in [5.41, 5.74) is -0.0464. The first kappa shape index (κ1) is 16.5. The van der Waals surface area contributed by atoms with Gasteiger partial charge in [0.05, 0.1) is 5.56 Å². The second-order valence-electron chi connectivity index (χ2n) is 4.79. The molecule has 0 aliphatic carbocycles. The average Bonchev–Trinajstić information content (AvgIpc) is 2.34. The minimum Gasteiger partial charge on any atom is -0.481 e. The Balaban J connectivity index is 2.46. The van der Waals surface area contributed by atoms with Crippen LogP contribution in [0.3, 0.4) is 0 Å². The quantitative estimate of drug-likeness (QED) is 0.782. The summed E-state index contributed by atoms with van der Waals surface area (Å²) >= 11 is 0. The lowest BCUT2D eigenvalue weighted by Gasteiger charge is -2.17. The molecular weight excluding hydrogens is 271 g/mol. The Labute approximate surface area is 116 Å². The van der Waals surface area contributed by atoms with Gasteiger partial charge in [0.2, 0.25) is 0 Å². The Bertz CT molecular complexity index is 446. The molecule has 1 aromatic carbocycles. The highest BCUT2D eigenvalue weighted by Crippen LogP contribution is 2.29. The van der Waals surface area contributed by atoms with Crippen LogP contribution in [-0.4, -0.2) is 29.6 Å². The molecule has 1 rings (SSSR count). The molecule has 0 fully saturated rings. The summed E-state index contributed by atoms with van der Waals surface area (Å²) in [5.74, 6) is -0.828. The van der Waals surface area contributed by atoms with E-state index in [4.69, 9.17) is 5.11 Å². The first-order valence-electron chi connectivity index (χ1n) is 6.35. The fraction of sp³-hybridized carbons (Fsp3) is 0.500. The summed E-state index contributed by atoms with van der Waals surface area (Å²) in [5, 5.41) is 8.50. The molecule has 0 aliphatic rings. The van der Waals surface area contributed by atoms with Crippen LogP contribution in [-0.2, 0) is 17.5 Å². The minimum absolute atomic E-state index is 0.122. The third kappa shape index (κ3) is 6.06. The maximum absolute atomic E-state index is 12.6. The van der Waals surface area contributed by atoms with Crippen molar-refractivity contribution < 1.29 is 23.1 Å². The highest BCUT2D eigenvalue weighted by atomic mass is 19.4. The van der Waals surface area contributed by atoms with Gasteiger partial charge in [-0.1, -0.05) is 18.2 Å². The van der Waals surface area contributed by atoms with E-state index in [1.807, 2.05) is 4.90 Å². The molecule has 112 valence electrons. The SMILES string of the molecule is CN(CCCCC(=O)O)Cc1cccc(C(F)(F)F)c1. The summed E-state index contributed by atoms with van der Waals surface area (Å²) in [7, 11) is 1.81. The standard InChI is InChI=1S/C14H18F3NO2/c1-18(8-3-2-7-13(19)20)10-11-5-4-6-12(9-11)14(15,16)17/h4-6,9H,2-3,7-8,10H2,1H3,(H,19,20).